The van der Waals surface area contributed by atoms with Crippen LogP contribution in [0, 0.1) is 0 Å². The molecule has 1 aromatic carbocycles. The average Bonchev–Trinajstić information content (AvgIpc) is 2.46. The van der Waals surface area contributed by atoms with Crippen molar-refractivity contribution in [3.8, 4) is 5.75 Å². The summed E-state index contributed by atoms with van der Waals surface area (Å²) in [6.07, 6.45) is 6.87. The predicted octanol–water partition coefficient (Wildman–Crippen LogP) is 3.74. The molecule has 1 atom stereocenters. The van der Waals surface area contributed by atoms with Crippen LogP contribution in [0.15, 0.2) is 18.2 Å². The number of ether oxygens (including phenoxy) is 1. The number of unbranched alkanes of at least 4 members (excludes halogenated alkanes) is 5. The third kappa shape index (κ3) is 3.90. The zero-order valence-electron chi connectivity index (χ0n) is 13.1. The van der Waals surface area contributed by atoms with Gasteiger partial charge in [0.15, 0.2) is 6.10 Å². The van der Waals surface area contributed by atoms with E-state index >= 15 is 0 Å². The highest BCUT2D eigenvalue weighted by atomic mass is 16.5. The molecule has 1 aliphatic heterocycles. The fourth-order valence-electron chi connectivity index (χ4n) is 2.71. The molecule has 4 heteroatoms. The van der Waals surface area contributed by atoms with Gasteiger partial charge < -0.3 is 15.4 Å². The van der Waals surface area contributed by atoms with Crippen LogP contribution in [0.4, 0.5) is 11.4 Å². The molecule has 1 aromatic rings. The number of benzene rings is 1. The Labute approximate surface area is 127 Å². The van der Waals surface area contributed by atoms with Crippen molar-refractivity contribution in [3.05, 3.63) is 18.2 Å². The normalized spacial score (nSPS) is 17.5. The number of hydrogen-bond acceptors (Lipinski definition) is 3. The van der Waals surface area contributed by atoms with Crippen LogP contribution in [0.5, 0.6) is 5.75 Å². The number of carbonyl (C=O) groups excluding carboxylic acids is 1. The fraction of sp³-hybridized carbons (Fsp3) is 0.588. The molecule has 0 aliphatic carbocycles. The molecule has 0 aromatic heterocycles. The molecule has 1 amide bonds. The zero-order valence-corrected chi connectivity index (χ0v) is 13.1. The number of anilines is 2. The Balaban J connectivity index is 1.96. The summed E-state index contributed by atoms with van der Waals surface area (Å²) in [5.41, 5.74) is 7.30. The Kier molecular flexibility index (Phi) is 5.48. The van der Waals surface area contributed by atoms with Crippen molar-refractivity contribution >= 4 is 17.3 Å². The van der Waals surface area contributed by atoms with Crippen molar-refractivity contribution in [1.82, 2.24) is 0 Å². The molecular weight excluding hydrogens is 264 g/mol. The molecular formula is C17H26N2O2. The molecule has 1 unspecified atom stereocenters. The molecule has 0 saturated heterocycles. The van der Waals surface area contributed by atoms with Crippen molar-refractivity contribution in [2.75, 3.05) is 17.2 Å². The van der Waals surface area contributed by atoms with E-state index in [-0.39, 0.29) is 5.91 Å². The van der Waals surface area contributed by atoms with Crippen molar-refractivity contribution in [1.29, 1.82) is 0 Å². The highest BCUT2D eigenvalue weighted by Gasteiger charge is 2.30. The Morgan fingerprint density at radius 1 is 1.19 bits per heavy atom. The summed E-state index contributed by atoms with van der Waals surface area (Å²) in [6.45, 7) is 4.77. The second kappa shape index (κ2) is 7.34. The van der Waals surface area contributed by atoms with Gasteiger partial charge >= 0.3 is 0 Å². The highest BCUT2D eigenvalue weighted by molar-refractivity contribution is 6.00. The van der Waals surface area contributed by atoms with Crippen LogP contribution in [-0.2, 0) is 4.79 Å². The van der Waals surface area contributed by atoms with Crippen molar-refractivity contribution in [2.45, 2.75) is 58.5 Å². The zero-order chi connectivity index (χ0) is 15.2. The molecule has 2 rings (SSSR count). The summed E-state index contributed by atoms with van der Waals surface area (Å²) in [5.74, 6) is 0.758. The van der Waals surface area contributed by atoms with Gasteiger partial charge in [-0.2, -0.15) is 0 Å². The van der Waals surface area contributed by atoms with E-state index in [0.717, 1.165) is 18.7 Å². The molecule has 0 fully saturated rings. The SMILES string of the molecule is CCCCCCCCN1C(=O)C(C)Oc2cc(N)ccc21. The first-order chi connectivity index (χ1) is 10.1. The maximum Gasteiger partial charge on any atom is 0.267 e. The smallest absolute Gasteiger partial charge is 0.267 e. The lowest BCUT2D eigenvalue weighted by Crippen LogP contribution is -2.44. The Morgan fingerprint density at radius 2 is 1.90 bits per heavy atom. The first-order valence-corrected chi connectivity index (χ1v) is 8.01. The van der Waals surface area contributed by atoms with Gasteiger partial charge in [0.05, 0.1) is 5.69 Å². The summed E-state index contributed by atoms with van der Waals surface area (Å²) >= 11 is 0. The number of nitrogens with zero attached hydrogens (tertiary/aromatic N) is 1. The molecule has 2 N–H and O–H groups in total. The first-order valence-electron chi connectivity index (χ1n) is 8.01. The van der Waals surface area contributed by atoms with E-state index in [1.54, 1.807) is 13.0 Å². The lowest BCUT2D eigenvalue weighted by atomic mass is 10.1. The molecule has 0 spiro atoms. The summed E-state index contributed by atoms with van der Waals surface area (Å²) in [6, 6.07) is 5.50. The van der Waals surface area contributed by atoms with Gasteiger partial charge in [0.2, 0.25) is 0 Å². The molecule has 0 radical (unpaired) electrons. The van der Waals surface area contributed by atoms with Crippen LogP contribution >= 0.6 is 0 Å². The third-order valence-electron chi connectivity index (χ3n) is 3.93. The van der Waals surface area contributed by atoms with E-state index in [1.165, 1.54) is 32.1 Å². The number of rotatable bonds is 7. The molecule has 1 aliphatic rings. The van der Waals surface area contributed by atoms with Crippen LogP contribution in [0.1, 0.15) is 52.4 Å². The van der Waals surface area contributed by atoms with E-state index < -0.39 is 6.10 Å². The molecule has 4 nitrogen and oxygen atoms in total. The minimum atomic E-state index is -0.431. The Bertz CT molecular complexity index is 488. The number of hydrogen-bond donors (Lipinski definition) is 1. The molecule has 116 valence electrons. The molecule has 21 heavy (non-hydrogen) atoms. The number of fused-ring (bicyclic) bond motifs is 1. The van der Waals surface area contributed by atoms with Crippen molar-refractivity contribution in [2.24, 2.45) is 0 Å². The van der Waals surface area contributed by atoms with Crippen LogP contribution in [0.2, 0.25) is 0 Å². The van der Waals surface area contributed by atoms with Gasteiger partial charge in [-0.25, -0.2) is 0 Å². The molecule has 0 bridgehead atoms. The second-order valence-corrected chi connectivity index (χ2v) is 5.74. The summed E-state index contributed by atoms with van der Waals surface area (Å²) in [7, 11) is 0. The van der Waals surface area contributed by atoms with Gasteiger partial charge in [0.1, 0.15) is 5.75 Å². The van der Waals surface area contributed by atoms with E-state index in [1.807, 2.05) is 17.0 Å². The van der Waals surface area contributed by atoms with E-state index in [4.69, 9.17) is 10.5 Å². The van der Waals surface area contributed by atoms with Gasteiger partial charge in [0, 0.05) is 18.3 Å². The third-order valence-corrected chi connectivity index (χ3v) is 3.93. The summed E-state index contributed by atoms with van der Waals surface area (Å²) in [5, 5.41) is 0. The monoisotopic (exact) mass is 290 g/mol. The van der Waals surface area contributed by atoms with Gasteiger partial charge in [-0.05, 0) is 25.5 Å². The van der Waals surface area contributed by atoms with E-state index in [0.29, 0.717) is 11.4 Å². The minimum absolute atomic E-state index is 0.0424. The van der Waals surface area contributed by atoms with Crippen molar-refractivity contribution < 1.29 is 9.53 Å². The number of carbonyl (C=O) groups is 1. The van der Waals surface area contributed by atoms with Crippen LogP contribution < -0.4 is 15.4 Å². The largest absolute Gasteiger partial charge is 0.479 e. The van der Waals surface area contributed by atoms with Crippen LogP contribution in [0.25, 0.3) is 0 Å². The molecule has 1 heterocycles. The fourth-order valence-corrected chi connectivity index (χ4v) is 2.71. The lowest BCUT2D eigenvalue weighted by molar-refractivity contribution is -0.125. The number of nitrogen functional groups attached to an aromatic ring is 1. The quantitative estimate of drug-likeness (QED) is 0.614. The molecule has 0 saturated carbocycles. The highest BCUT2D eigenvalue weighted by Crippen LogP contribution is 2.35. The summed E-state index contributed by atoms with van der Waals surface area (Å²) in [4.78, 5) is 14.2. The lowest BCUT2D eigenvalue weighted by Gasteiger charge is -2.33. The van der Waals surface area contributed by atoms with E-state index in [9.17, 15) is 4.79 Å². The van der Waals surface area contributed by atoms with Gasteiger partial charge in [-0.15, -0.1) is 0 Å². The number of amides is 1. The maximum absolute atomic E-state index is 12.3. The number of nitrogens with two attached hydrogens (primary N) is 1. The van der Waals surface area contributed by atoms with Crippen LogP contribution in [-0.4, -0.2) is 18.6 Å². The standard InChI is InChI=1S/C17H26N2O2/c1-3-4-5-6-7-8-11-19-15-10-9-14(18)12-16(15)21-13(2)17(19)20/h9-10,12-13H,3-8,11,18H2,1-2H3. The second-order valence-electron chi connectivity index (χ2n) is 5.74. The summed E-state index contributed by atoms with van der Waals surface area (Å²) < 4.78 is 5.64. The van der Waals surface area contributed by atoms with Crippen LogP contribution in [0.3, 0.4) is 0 Å². The Hall–Kier alpha value is -1.71. The minimum Gasteiger partial charge on any atom is -0.479 e. The van der Waals surface area contributed by atoms with Crippen molar-refractivity contribution in [3.63, 3.8) is 0 Å². The topological polar surface area (TPSA) is 55.6 Å². The predicted molar refractivity (Wildman–Crippen MR) is 86.7 cm³/mol. The Morgan fingerprint density at radius 3 is 2.67 bits per heavy atom. The van der Waals surface area contributed by atoms with Gasteiger partial charge in [-0.1, -0.05) is 39.0 Å². The van der Waals surface area contributed by atoms with E-state index in [2.05, 4.69) is 6.92 Å². The van der Waals surface area contributed by atoms with Gasteiger partial charge in [0.25, 0.3) is 5.91 Å². The average molecular weight is 290 g/mol. The maximum atomic E-state index is 12.3. The first kappa shape index (κ1) is 15.7. The van der Waals surface area contributed by atoms with Gasteiger partial charge in [-0.3, -0.25) is 4.79 Å².